The molecule has 2 N–H and O–H groups in total. The molecule has 0 heterocycles. The third-order valence-electron chi connectivity index (χ3n) is 3.32. The van der Waals surface area contributed by atoms with Crippen LogP contribution in [-0.4, -0.2) is 30.4 Å². The van der Waals surface area contributed by atoms with Crippen molar-refractivity contribution in [1.29, 1.82) is 0 Å². The molecule has 1 fully saturated rings. The molecule has 0 unspecified atom stereocenters. The Morgan fingerprint density at radius 2 is 2.12 bits per heavy atom. The maximum absolute atomic E-state index is 5.28. The Morgan fingerprint density at radius 3 is 2.62 bits per heavy atom. The van der Waals surface area contributed by atoms with E-state index in [0.29, 0.717) is 5.54 Å². The Labute approximate surface area is 104 Å². The number of ether oxygens (including phenoxy) is 1. The molecular weight excluding hydrogens is 220 g/mol. The Hall–Kier alpha value is -0.350. The summed E-state index contributed by atoms with van der Waals surface area (Å²) in [5, 5.41) is 7.49. The zero-order valence-electron chi connectivity index (χ0n) is 10.5. The van der Waals surface area contributed by atoms with Crippen LogP contribution < -0.4 is 10.6 Å². The summed E-state index contributed by atoms with van der Waals surface area (Å²) in [6, 6.07) is 0. The van der Waals surface area contributed by atoms with Crippen molar-refractivity contribution in [2.24, 2.45) is 0 Å². The molecule has 0 bridgehead atoms. The van der Waals surface area contributed by atoms with Gasteiger partial charge in [0, 0.05) is 25.3 Å². The quantitative estimate of drug-likeness (QED) is 0.531. The zero-order chi connectivity index (χ0) is 11.9. The van der Waals surface area contributed by atoms with Crippen LogP contribution in [0.3, 0.4) is 0 Å². The molecule has 0 atom stereocenters. The molecule has 0 aromatic rings. The van der Waals surface area contributed by atoms with Gasteiger partial charge in [0.15, 0.2) is 5.11 Å². The highest BCUT2D eigenvalue weighted by Gasteiger charge is 2.35. The third kappa shape index (κ3) is 4.26. The summed E-state index contributed by atoms with van der Waals surface area (Å²) in [5.74, 6) is 0. The summed E-state index contributed by atoms with van der Waals surface area (Å²) < 4.78 is 5.27. The van der Waals surface area contributed by atoms with Crippen LogP contribution in [0.15, 0.2) is 0 Å². The molecule has 0 aliphatic heterocycles. The third-order valence-corrected chi connectivity index (χ3v) is 3.57. The fraction of sp³-hybridized carbons (Fsp3) is 0.917. The van der Waals surface area contributed by atoms with Crippen molar-refractivity contribution < 1.29 is 4.74 Å². The van der Waals surface area contributed by atoms with Gasteiger partial charge in [0.2, 0.25) is 0 Å². The molecule has 0 aromatic carbocycles. The van der Waals surface area contributed by atoms with Crippen molar-refractivity contribution >= 4 is 17.3 Å². The number of thiocarbonyl (C=S) groups is 1. The molecule has 0 radical (unpaired) electrons. The van der Waals surface area contributed by atoms with Crippen molar-refractivity contribution in [2.75, 3.05) is 19.8 Å². The van der Waals surface area contributed by atoms with E-state index in [9.17, 15) is 0 Å². The van der Waals surface area contributed by atoms with E-state index in [1.807, 2.05) is 6.92 Å². The van der Waals surface area contributed by atoms with E-state index in [1.165, 1.54) is 19.3 Å². The van der Waals surface area contributed by atoms with Crippen LogP contribution in [0.1, 0.15) is 46.0 Å². The molecule has 0 amide bonds. The van der Waals surface area contributed by atoms with E-state index in [0.717, 1.165) is 37.7 Å². The lowest BCUT2D eigenvalue weighted by molar-refractivity contribution is 0.145. The number of nitrogens with one attached hydrogen (secondary N) is 2. The normalized spacial score (nSPS) is 17.6. The van der Waals surface area contributed by atoms with Gasteiger partial charge >= 0.3 is 0 Å². The summed E-state index contributed by atoms with van der Waals surface area (Å²) in [4.78, 5) is 0. The molecule has 0 saturated heterocycles. The number of hydrogen-bond donors (Lipinski definition) is 2. The van der Waals surface area contributed by atoms with E-state index in [1.54, 1.807) is 0 Å². The van der Waals surface area contributed by atoms with Gasteiger partial charge in [-0.15, -0.1) is 0 Å². The molecule has 1 rings (SSSR count). The van der Waals surface area contributed by atoms with Crippen molar-refractivity contribution in [3.63, 3.8) is 0 Å². The minimum absolute atomic E-state index is 0.296. The number of rotatable bonds is 7. The maximum atomic E-state index is 5.28. The Morgan fingerprint density at radius 1 is 1.38 bits per heavy atom. The van der Waals surface area contributed by atoms with Gasteiger partial charge in [0.25, 0.3) is 0 Å². The standard InChI is InChI=1S/C12H24N2OS/c1-3-12(7-5-8-12)14-11(16)13-9-6-10-15-4-2/h3-10H2,1-2H3,(H2,13,14,16). The van der Waals surface area contributed by atoms with Gasteiger partial charge in [-0.3, -0.25) is 0 Å². The lowest BCUT2D eigenvalue weighted by Gasteiger charge is -2.42. The molecular formula is C12H24N2OS. The van der Waals surface area contributed by atoms with Gasteiger partial charge in [0.1, 0.15) is 0 Å². The van der Waals surface area contributed by atoms with Crippen LogP contribution in [0.25, 0.3) is 0 Å². The first kappa shape index (κ1) is 13.7. The van der Waals surface area contributed by atoms with Gasteiger partial charge in [-0.05, 0) is 51.2 Å². The first-order chi connectivity index (χ1) is 7.72. The molecule has 1 aliphatic rings. The fourth-order valence-electron chi connectivity index (χ4n) is 1.98. The van der Waals surface area contributed by atoms with Crippen LogP contribution in [0, 0.1) is 0 Å². The lowest BCUT2D eigenvalue weighted by Crippen LogP contribution is -2.55. The van der Waals surface area contributed by atoms with Crippen LogP contribution in [0.2, 0.25) is 0 Å². The molecule has 0 spiro atoms. The van der Waals surface area contributed by atoms with Gasteiger partial charge in [-0.25, -0.2) is 0 Å². The first-order valence-electron chi connectivity index (χ1n) is 6.36. The SMILES string of the molecule is CCOCCCNC(=S)NC1(CC)CCC1. The van der Waals surface area contributed by atoms with Gasteiger partial charge in [0.05, 0.1) is 0 Å². The van der Waals surface area contributed by atoms with Crippen molar-refractivity contribution in [1.82, 2.24) is 10.6 Å². The van der Waals surface area contributed by atoms with Crippen molar-refractivity contribution in [3.05, 3.63) is 0 Å². The molecule has 1 saturated carbocycles. The molecule has 3 nitrogen and oxygen atoms in total. The van der Waals surface area contributed by atoms with E-state index in [2.05, 4.69) is 17.6 Å². The highest BCUT2D eigenvalue weighted by molar-refractivity contribution is 7.80. The number of hydrogen-bond acceptors (Lipinski definition) is 2. The maximum Gasteiger partial charge on any atom is 0.166 e. The van der Waals surface area contributed by atoms with Gasteiger partial charge < -0.3 is 15.4 Å². The predicted molar refractivity (Wildman–Crippen MR) is 71.7 cm³/mol. The van der Waals surface area contributed by atoms with E-state index in [-0.39, 0.29) is 0 Å². The van der Waals surface area contributed by atoms with Crippen LogP contribution in [-0.2, 0) is 4.74 Å². The Kier molecular flexibility index (Phi) is 6.06. The van der Waals surface area contributed by atoms with Crippen LogP contribution in [0.5, 0.6) is 0 Å². The van der Waals surface area contributed by atoms with Crippen LogP contribution >= 0.6 is 12.2 Å². The topological polar surface area (TPSA) is 33.3 Å². The zero-order valence-corrected chi connectivity index (χ0v) is 11.3. The summed E-state index contributed by atoms with van der Waals surface area (Å²) in [7, 11) is 0. The van der Waals surface area contributed by atoms with Gasteiger partial charge in [-0.1, -0.05) is 6.92 Å². The molecule has 94 valence electrons. The smallest absolute Gasteiger partial charge is 0.166 e. The summed E-state index contributed by atoms with van der Waals surface area (Å²) >= 11 is 5.28. The van der Waals surface area contributed by atoms with Crippen LogP contribution in [0.4, 0.5) is 0 Å². The summed E-state index contributed by atoms with van der Waals surface area (Å²) in [5.41, 5.74) is 0.296. The average Bonchev–Trinajstić information content (AvgIpc) is 2.23. The second-order valence-electron chi connectivity index (χ2n) is 4.42. The van der Waals surface area contributed by atoms with E-state index < -0.39 is 0 Å². The Bertz CT molecular complexity index is 212. The van der Waals surface area contributed by atoms with E-state index in [4.69, 9.17) is 17.0 Å². The summed E-state index contributed by atoms with van der Waals surface area (Å²) in [6.07, 6.45) is 6.00. The molecule has 1 aliphatic carbocycles. The molecule has 4 heteroatoms. The summed E-state index contributed by atoms with van der Waals surface area (Å²) in [6.45, 7) is 6.74. The predicted octanol–water partition coefficient (Wildman–Crippen LogP) is 2.21. The highest BCUT2D eigenvalue weighted by atomic mass is 32.1. The fourth-order valence-corrected chi connectivity index (χ4v) is 2.29. The van der Waals surface area contributed by atoms with E-state index >= 15 is 0 Å². The van der Waals surface area contributed by atoms with Crippen molar-refractivity contribution in [3.8, 4) is 0 Å². The largest absolute Gasteiger partial charge is 0.382 e. The highest BCUT2D eigenvalue weighted by Crippen LogP contribution is 2.34. The average molecular weight is 244 g/mol. The molecule has 0 aromatic heterocycles. The monoisotopic (exact) mass is 244 g/mol. The molecule has 16 heavy (non-hydrogen) atoms. The lowest BCUT2D eigenvalue weighted by atomic mass is 9.75. The second kappa shape index (κ2) is 7.07. The van der Waals surface area contributed by atoms with Gasteiger partial charge in [-0.2, -0.15) is 0 Å². The first-order valence-corrected chi connectivity index (χ1v) is 6.77. The van der Waals surface area contributed by atoms with Crippen molar-refractivity contribution in [2.45, 2.75) is 51.5 Å². The Balaban J connectivity index is 2.06. The second-order valence-corrected chi connectivity index (χ2v) is 4.83. The minimum atomic E-state index is 0.296. The minimum Gasteiger partial charge on any atom is -0.382 e.